The summed E-state index contributed by atoms with van der Waals surface area (Å²) < 4.78 is 11.2. The Hall–Kier alpha value is -5.16. The minimum Gasteiger partial charge on any atom is -0.457 e. The van der Waals surface area contributed by atoms with E-state index in [0.717, 1.165) is 58.3 Å². The number of aryl methyl sites for hydroxylation is 5. The highest BCUT2D eigenvalue weighted by Gasteiger charge is 2.23. The summed E-state index contributed by atoms with van der Waals surface area (Å²) >= 11 is 0. The van der Waals surface area contributed by atoms with Gasteiger partial charge < -0.3 is 4.74 Å². The molecule has 0 fully saturated rings. The third-order valence-corrected chi connectivity index (χ3v) is 9.83. The fourth-order valence-electron chi connectivity index (χ4n) is 7.53. The predicted molar refractivity (Wildman–Crippen MR) is 209 cm³/mol. The Labute approximate surface area is 296 Å². The molecule has 0 aliphatic rings. The topological polar surface area (TPSA) is 44.9 Å². The number of fused-ring (bicyclic) bond motifs is 3. The normalized spacial score (nSPS) is 11.8. The quantitative estimate of drug-likeness (QED) is 0.155. The molecule has 0 radical (unpaired) electrons. The van der Waals surface area contributed by atoms with Crippen LogP contribution in [0.5, 0.6) is 11.5 Å². The summed E-state index contributed by atoms with van der Waals surface area (Å²) in [5.41, 5.74) is 14.3. The number of para-hydroxylation sites is 1. The Balaban J connectivity index is 1.36. The molecule has 0 bridgehead atoms. The van der Waals surface area contributed by atoms with Gasteiger partial charge in [-0.3, -0.25) is 4.57 Å². The third kappa shape index (κ3) is 6.22. The van der Waals surface area contributed by atoms with Crippen LogP contribution in [0.15, 0.2) is 91.1 Å². The molecule has 5 heteroatoms. The second-order valence-electron chi connectivity index (χ2n) is 14.8. The Morgan fingerprint density at radius 2 is 1.42 bits per heavy atom. The molecule has 0 spiro atoms. The Bertz CT molecular complexity index is 2350. The van der Waals surface area contributed by atoms with Gasteiger partial charge in [0.25, 0.3) is 0 Å². The van der Waals surface area contributed by atoms with Crippen molar-refractivity contribution >= 4 is 21.8 Å². The van der Waals surface area contributed by atoms with Crippen LogP contribution in [0.2, 0.25) is 0 Å². The standard InChI is InChI=1S/C45H48N4O/c1-27(2)14-15-34-23-35(49-33(9)44(45(47-49)28(3)4)43-31(7)20-30(6)21-32(43)8)25-37(24-34)50-36-16-17-39-38-12-10-11-13-40(38)48(41(39)26-36)42-22-29(5)18-19-46-42/h10-13,16-28H,14-15H2,1-9H3. The van der Waals surface area contributed by atoms with Gasteiger partial charge in [-0.15, -0.1) is 0 Å². The van der Waals surface area contributed by atoms with Crippen molar-refractivity contribution < 1.29 is 4.74 Å². The summed E-state index contributed by atoms with van der Waals surface area (Å²) in [4.78, 5) is 4.77. The summed E-state index contributed by atoms with van der Waals surface area (Å²) in [5, 5.41) is 7.68. The second-order valence-corrected chi connectivity index (χ2v) is 14.8. The molecule has 0 amide bonds. The number of aromatic nitrogens is 4. The van der Waals surface area contributed by atoms with Crippen LogP contribution in [0.3, 0.4) is 0 Å². The zero-order valence-corrected chi connectivity index (χ0v) is 30.9. The molecule has 0 saturated carbocycles. The van der Waals surface area contributed by atoms with Crippen LogP contribution in [0, 0.1) is 40.5 Å². The average molecular weight is 661 g/mol. The van der Waals surface area contributed by atoms with E-state index in [-0.39, 0.29) is 5.92 Å². The van der Waals surface area contributed by atoms with E-state index in [1.165, 1.54) is 49.7 Å². The predicted octanol–water partition coefficient (Wildman–Crippen LogP) is 12.1. The van der Waals surface area contributed by atoms with Gasteiger partial charge in [0.2, 0.25) is 0 Å². The van der Waals surface area contributed by atoms with Gasteiger partial charge in [-0.05, 0) is 130 Å². The molecule has 0 N–H and O–H groups in total. The van der Waals surface area contributed by atoms with Gasteiger partial charge in [0.05, 0.1) is 22.4 Å². The minimum absolute atomic E-state index is 0.270. The number of rotatable bonds is 9. The molecule has 0 saturated heterocycles. The molecule has 0 aliphatic heterocycles. The van der Waals surface area contributed by atoms with Crippen LogP contribution < -0.4 is 4.74 Å². The number of benzene rings is 4. The number of ether oxygens (including phenoxy) is 1. The maximum atomic E-state index is 6.79. The van der Waals surface area contributed by atoms with Crippen molar-refractivity contribution in [2.45, 2.75) is 81.1 Å². The maximum absolute atomic E-state index is 6.79. The van der Waals surface area contributed by atoms with Crippen molar-refractivity contribution in [3.05, 3.63) is 130 Å². The lowest BCUT2D eigenvalue weighted by atomic mass is 9.90. The molecule has 0 unspecified atom stereocenters. The number of hydrogen-bond donors (Lipinski definition) is 0. The lowest BCUT2D eigenvalue weighted by Gasteiger charge is -2.15. The molecule has 4 aromatic carbocycles. The molecule has 5 nitrogen and oxygen atoms in total. The van der Waals surface area contributed by atoms with Crippen molar-refractivity contribution in [1.82, 2.24) is 19.3 Å². The van der Waals surface area contributed by atoms with Crippen LogP contribution in [-0.2, 0) is 6.42 Å². The number of pyridine rings is 1. The van der Waals surface area contributed by atoms with Crippen molar-refractivity contribution in [2.75, 3.05) is 0 Å². The third-order valence-electron chi connectivity index (χ3n) is 9.83. The molecule has 3 heterocycles. The van der Waals surface area contributed by atoms with Crippen molar-refractivity contribution in [1.29, 1.82) is 0 Å². The first-order valence-corrected chi connectivity index (χ1v) is 17.9. The first-order chi connectivity index (χ1) is 24.0. The molecular formula is C45H48N4O. The molecule has 50 heavy (non-hydrogen) atoms. The van der Waals surface area contributed by atoms with Crippen molar-refractivity contribution in [3.8, 4) is 34.1 Å². The Morgan fingerprint density at radius 3 is 2.14 bits per heavy atom. The van der Waals surface area contributed by atoms with Gasteiger partial charge in [-0.2, -0.15) is 5.10 Å². The molecule has 0 atom stereocenters. The van der Waals surface area contributed by atoms with E-state index >= 15 is 0 Å². The fourth-order valence-corrected chi connectivity index (χ4v) is 7.53. The second kappa shape index (κ2) is 13.3. The van der Waals surface area contributed by atoms with E-state index in [1.807, 2.05) is 12.3 Å². The van der Waals surface area contributed by atoms with E-state index < -0.39 is 0 Å². The molecule has 3 aromatic heterocycles. The van der Waals surface area contributed by atoms with Gasteiger partial charge in [0.1, 0.15) is 17.3 Å². The Morgan fingerprint density at radius 1 is 0.680 bits per heavy atom. The van der Waals surface area contributed by atoms with E-state index in [4.69, 9.17) is 14.8 Å². The molecule has 7 aromatic rings. The van der Waals surface area contributed by atoms with Crippen LogP contribution in [0.4, 0.5) is 0 Å². The van der Waals surface area contributed by atoms with Crippen LogP contribution in [0.25, 0.3) is 44.4 Å². The summed E-state index contributed by atoms with van der Waals surface area (Å²) in [6.45, 7) is 20.0. The minimum atomic E-state index is 0.270. The molecular weight excluding hydrogens is 613 g/mol. The lowest BCUT2D eigenvalue weighted by Crippen LogP contribution is -2.03. The van der Waals surface area contributed by atoms with E-state index in [0.29, 0.717) is 5.92 Å². The maximum Gasteiger partial charge on any atom is 0.137 e. The van der Waals surface area contributed by atoms with Gasteiger partial charge in [0.15, 0.2) is 0 Å². The molecule has 7 rings (SSSR count). The lowest BCUT2D eigenvalue weighted by molar-refractivity contribution is 0.481. The van der Waals surface area contributed by atoms with Gasteiger partial charge in [0, 0.05) is 40.4 Å². The first-order valence-electron chi connectivity index (χ1n) is 17.9. The number of hydrogen-bond acceptors (Lipinski definition) is 3. The smallest absolute Gasteiger partial charge is 0.137 e. The fraction of sp³-hybridized carbons (Fsp3) is 0.289. The van der Waals surface area contributed by atoms with E-state index in [9.17, 15) is 0 Å². The molecule has 0 aliphatic carbocycles. The van der Waals surface area contributed by atoms with Crippen molar-refractivity contribution in [3.63, 3.8) is 0 Å². The van der Waals surface area contributed by atoms with Crippen LogP contribution in [0.1, 0.15) is 79.2 Å². The molecule has 254 valence electrons. The zero-order chi connectivity index (χ0) is 35.3. The highest BCUT2D eigenvalue weighted by atomic mass is 16.5. The monoisotopic (exact) mass is 660 g/mol. The summed E-state index contributed by atoms with van der Waals surface area (Å²) in [5.74, 6) is 3.36. The SMILES string of the molecule is Cc1ccnc(-n2c3ccccc3c3ccc(Oc4cc(CCC(C)C)cc(-n5nc(C(C)C)c(-c6c(C)cc(C)cc6C)c5C)c4)cc32)c1. The van der Waals surface area contributed by atoms with Gasteiger partial charge in [-0.1, -0.05) is 63.6 Å². The summed E-state index contributed by atoms with van der Waals surface area (Å²) in [6, 6.07) is 30.3. The van der Waals surface area contributed by atoms with Gasteiger partial charge >= 0.3 is 0 Å². The highest BCUT2D eigenvalue weighted by Crippen LogP contribution is 2.39. The number of nitrogens with zero attached hydrogens (tertiary/aromatic N) is 4. The summed E-state index contributed by atoms with van der Waals surface area (Å²) in [7, 11) is 0. The van der Waals surface area contributed by atoms with Crippen LogP contribution >= 0.6 is 0 Å². The van der Waals surface area contributed by atoms with E-state index in [2.05, 4.69) is 150 Å². The highest BCUT2D eigenvalue weighted by molar-refractivity contribution is 6.09. The zero-order valence-electron chi connectivity index (χ0n) is 30.9. The summed E-state index contributed by atoms with van der Waals surface area (Å²) in [6.07, 6.45) is 3.94. The Kier molecular flexibility index (Phi) is 8.86. The van der Waals surface area contributed by atoms with E-state index in [1.54, 1.807) is 0 Å². The largest absolute Gasteiger partial charge is 0.457 e. The van der Waals surface area contributed by atoms with Crippen molar-refractivity contribution in [2.24, 2.45) is 5.92 Å². The van der Waals surface area contributed by atoms with Gasteiger partial charge in [-0.25, -0.2) is 9.67 Å². The first kappa shape index (κ1) is 33.3. The average Bonchev–Trinajstić information content (AvgIpc) is 3.58. The van der Waals surface area contributed by atoms with Crippen LogP contribution in [-0.4, -0.2) is 19.3 Å².